The Labute approximate surface area is 163 Å². The molecule has 0 atom stereocenters. The normalized spacial score (nSPS) is 14.7. The van der Waals surface area contributed by atoms with E-state index in [-0.39, 0.29) is 17.6 Å². The fraction of sp³-hybridized carbons (Fsp3) is 0.333. The molecule has 0 saturated carbocycles. The largest absolute Gasteiger partial charge is 0.380 e. The monoisotopic (exact) mass is 386 g/mol. The summed E-state index contributed by atoms with van der Waals surface area (Å²) in [5.41, 5.74) is 2.21. The van der Waals surface area contributed by atoms with Gasteiger partial charge in [0.25, 0.3) is 11.8 Å². The Bertz CT molecular complexity index is 818. The Morgan fingerprint density at radius 2 is 1.86 bits per heavy atom. The van der Waals surface area contributed by atoms with Crippen molar-refractivity contribution in [2.45, 2.75) is 6.61 Å². The number of benzene rings is 2. The van der Waals surface area contributed by atoms with Crippen LogP contribution in [-0.4, -0.2) is 56.5 Å². The first kappa shape index (κ1) is 20.0. The molecule has 2 aromatic carbocycles. The Kier molecular flexibility index (Phi) is 6.73. The lowest BCUT2D eigenvalue weighted by Crippen LogP contribution is -3.15. The number of anilines is 1. The summed E-state index contributed by atoms with van der Waals surface area (Å²) in [6.45, 7) is 3.42. The highest BCUT2D eigenvalue weighted by Gasteiger charge is 2.26. The van der Waals surface area contributed by atoms with Crippen molar-refractivity contribution in [3.05, 3.63) is 65.5 Å². The van der Waals surface area contributed by atoms with Gasteiger partial charge < -0.3 is 19.9 Å². The molecule has 0 aliphatic carbocycles. The second-order valence-electron chi connectivity index (χ2n) is 6.91. The van der Waals surface area contributed by atoms with E-state index >= 15 is 0 Å². The van der Waals surface area contributed by atoms with Crippen molar-refractivity contribution in [1.29, 1.82) is 0 Å². The van der Waals surface area contributed by atoms with E-state index in [2.05, 4.69) is 5.32 Å². The number of carbonyl (C=O) groups is 2. The van der Waals surface area contributed by atoms with Crippen molar-refractivity contribution in [3.8, 4) is 0 Å². The minimum atomic E-state index is -0.336. The number of nitrogens with zero attached hydrogens (tertiary/aromatic N) is 1. The smallest absolute Gasteiger partial charge is 0.279 e. The van der Waals surface area contributed by atoms with Gasteiger partial charge in [0, 0.05) is 18.4 Å². The summed E-state index contributed by atoms with van der Waals surface area (Å²) in [6.07, 6.45) is 0. The third-order valence-corrected chi connectivity index (χ3v) is 4.78. The van der Waals surface area contributed by atoms with Crippen LogP contribution in [0.5, 0.6) is 0 Å². The third kappa shape index (κ3) is 5.37. The number of rotatable bonds is 6. The highest BCUT2D eigenvalue weighted by molar-refractivity contribution is 5.94. The third-order valence-electron chi connectivity index (χ3n) is 4.78. The van der Waals surface area contributed by atoms with E-state index < -0.39 is 0 Å². The molecule has 0 aromatic heterocycles. The van der Waals surface area contributed by atoms with E-state index in [1.165, 1.54) is 24.3 Å². The number of carbonyl (C=O) groups excluding carboxylic acids is 2. The summed E-state index contributed by atoms with van der Waals surface area (Å²) < 4.78 is 18.0. The highest BCUT2D eigenvalue weighted by atomic mass is 19.1. The number of quaternary nitrogens is 1. The van der Waals surface area contributed by atoms with Crippen LogP contribution in [0.4, 0.5) is 10.1 Å². The minimum absolute atomic E-state index is 0.00719. The molecular formula is C21H25FN3O3+. The van der Waals surface area contributed by atoms with Gasteiger partial charge in [-0.3, -0.25) is 9.59 Å². The van der Waals surface area contributed by atoms with Crippen molar-refractivity contribution in [2.75, 3.05) is 45.2 Å². The molecule has 2 N–H and O–H groups in total. The molecular weight excluding hydrogens is 361 g/mol. The maximum absolute atomic E-state index is 12.9. The maximum Gasteiger partial charge on any atom is 0.279 e. The van der Waals surface area contributed by atoms with Crippen LogP contribution in [0.25, 0.3) is 0 Å². The molecule has 1 aliphatic rings. The molecule has 1 saturated heterocycles. The molecule has 148 valence electrons. The van der Waals surface area contributed by atoms with Crippen molar-refractivity contribution in [2.24, 2.45) is 0 Å². The van der Waals surface area contributed by atoms with E-state index in [0.717, 1.165) is 10.5 Å². The Morgan fingerprint density at radius 3 is 2.54 bits per heavy atom. The van der Waals surface area contributed by atoms with E-state index in [4.69, 9.17) is 4.74 Å². The Balaban J connectivity index is 1.48. The lowest BCUT2D eigenvalue weighted by molar-refractivity contribution is -0.895. The number of hydrogen-bond donors (Lipinski definition) is 2. The SMILES string of the molecule is COCc1cccc(C(=O)N2CC[NH+](CC(=O)Nc3ccc(F)cc3)CC2)c1. The fourth-order valence-electron chi connectivity index (χ4n) is 3.31. The van der Waals surface area contributed by atoms with Crippen molar-refractivity contribution < 1.29 is 23.6 Å². The zero-order chi connectivity index (χ0) is 19.9. The summed E-state index contributed by atoms with van der Waals surface area (Å²) in [6, 6.07) is 13.2. The second kappa shape index (κ2) is 9.43. The van der Waals surface area contributed by atoms with Gasteiger partial charge >= 0.3 is 0 Å². The summed E-state index contributed by atoms with van der Waals surface area (Å²) in [5, 5.41) is 2.78. The summed E-state index contributed by atoms with van der Waals surface area (Å²) in [7, 11) is 1.63. The average molecular weight is 386 g/mol. The molecule has 7 heteroatoms. The Morgan fingerprint density at radius 1 is 1.14 bits per heavy atom. The molecule has 1 aliphatic heterocycles. The van der Waals surface area contributed by atoms with Gasteiger partial charge in [-0.05, 0) is 42.0 Å². The second-order valence-corrected chi connectivity index (χ2v) is 6.91. The molecule has 1 fully saturated rings. The minimum Gasteiger partial charge on any atom is -0.380 e. The van der Waals surface area contributed by atoms with Crippen LogP contribution in [0.1, 0.15) is 15.9 Å². The molecule has 2 aromatic rings. The molecule has 3 rings (SSSR count). The quantitative estimate of drug-likeness (QED) is 0.777. The molecule has 28 heavy (non-hydrogen) atoms. The first-order valence-corrected chi connectivity index (χ1v) is 9.31. The zero-order valence-corrected chi connectivity index (χ0v) is 15.9. The van der Waals surface area contributed by atoms with Crippen molar-refractivity contribution in [1.82, 2.24) is 4.90 Å². The number of ether oxygens (including phenoxy) is 1. The van der Waals surface area contributed by atoms with E-state index in [1.54, 1.807) is 7.11 Å². The predicted octanol–water partition coefficient (Wildman–Crippen LogP) is 0.952. The van der Waals surface area contributed by atoms with Gasteiger partial charge in [0.05, 0.1) is 32.8 Å². The Hall–Kier alpha value is -2.77. The van der Waals surface area contributed by atoms with Crippen LogP contribution < -0.4 is 10.2 Å². The molecule has 0 spiro atoms. The number of methoxy groups -OCH3 is 1. The van der Waals surface area contributed by atoms with E-state index in [1.807, 2.05) is 29.2 Å². The van der Waals surface area contributed by atoms with Gasteiger partial charge in [-0.15, -0.1) is 0 Å². The fourth-order valence-corrected chi connectivity index (χ4v) is 3.31. The van der Waals surface area contributed by atoms with E-state index in [0.29, 0.717) is 50.6 Å². The number of hydrogen-bond acceptors (Lipinski definition) is 3. The van der Waals surface area contributed by atoms with Crippen molar-refractivity contribution in [3.63, 3.8) is 0 Å². The van der Waals surface area contributed by atoms with Crippen LogP contribution in [0.3, 0.4) is 0 Å². The van der Waals surface area contributed by atoms with E-state index in [9.17, 15) is 14.0 Å². The zero-order valence-electron chi connectivity index (χ0n) is 15.9. The maximum atomic E-state index is 12.9. The number of amides is 2. The first-order chi connectivity index (χ1) is 13.5. The summed E-state index contributed by atoms with van der Waals surface area (Å²) in [5.74, 6) is -0.446. The molecule has 0 radical (unpaired) electrons. The summed E-state index contributed by atoms with van der Waals surface area (Å²) >= 11 is 0. The van der Waals surface area contributed by atoms with Gasteiger partial charge in [0.2, 0.25) is 0 Å². The van der Waals surface area contributed by atoms with Crippen LogP contribution in [0.15, 0.2) is 48.5 Å². The molecule has 0 bridgehead atoms. The molecule has 0 unspecified atom stereocenters. The molecule has 1 heterocycles. The first-order valence-electron chi connectivity index (χ1n) is 9.31. The van der Waals surface area contributed by atoms with Gasteiger partial charge in [0.15, 0.2) is 6.54 Å². The van der Waals surface area contributed by atoms with Gasteiger partial charge in [-0.1, -0.05) is 12.1 Å². The van der Waals surface area contributed by atoms with Crippen LogP contribution >= 0.6 is 0 Å². The predicted molar refractivity (Wildman–Crippen MR) is 104 cm³/mol. The number of halogens is 1. The summed E-state index contributed by atoms with van der Waals surface area (Å²) in [4.78, 5) is 27.9. The average Bonchev–Trinajstić information content (AvgIpc) is 2.70. The van der Waals surface area contributed by atoms with Crippen LogP contribution in [0.2, 0.25) is 0 Å². The van der Waals surface area contributed by atoms with Crippen molar-refractivity contribution >= 4 is 17.5 Å². The van der Waals surface area contributed by atoms with Gasteiger partial charge in [-0.25, -0.2) is 4.39 Å². The molecule has 2 amide bonds. The topological polar surface area (TPSA) is 63.1 Å². The standard InChI is InChI=1S/C21H24FN3O3/c1-28-15-16-3-2-4-17(13-16)21(27)25-11-9-24(10-12-25)14-20(26)23-19-7-5-18(22)6-8-19/h2-8,13H,9-12,14-15H2,1H3,(H,23,26)/p+1. The number of piperazine rings is 1. The lowest BCUT2D eigenvalue weighted by atomic mass is 10.1. The highest BCUT2D eigenvalue weighted by Crippen LogP contribution is 2.10. The van der Waals surface area contributed by atoms with Gasteiger partial charge in [0.1, 0.15) is 5.82 Å². The molecule has 6 nitrogen and oxygen atoms in total. The number of nitrogens with one attached hydrogen (secondary N) is 2. The van der Waals surface area contributed by atoms with Gasteiger partial charge in [-0.2, -0.15) is 0 Å². The van der Waals surface area contributed by atoms with Crippen LogP contribution in [-0.2, 0) is 16.1 Å². The van der Waals surface area contributed by atoms with Crippen LogP contribution in [0, 0.1) is 5.82 Å². The lowest BCUT2D eigenvalue weighted by Gasteiger charge is -2.32.